The fraction of sp³-hybridized carbons (Fsp3) is 0. The third kappa shape index (κ3) is 4.04. The van der Waals surface area contributed by atoms with Crippen molar-refractivity contribution in [3.63, 3.8) is 0 Å². The van der Waals surface area contributed by atoms with E-state index in [0.29, 0.717) is 5.69 Å². The summed E-state index contributed by atoms with van der Waals surface area (Å²) >= 11 is 0. The molecule has 0 aliphatic heterocycles. The number of carbonyl (C=O) groups is 1. The van der Waals surface area contributed by atoms with Crippen LogP contribution < -0.4 is 5.32 Å². The van der Waals surface area contributed by atoms with Crippen molar-refractivity contribution in [2.24, 2.45) is 0 Å². The van der Waals surface area contributed by atoms with Gasteiger partial charge < -0.3 is 5.32 Å². The van der Waals surface area contributed by atoms with Gasteiger partial charge in [0.05, 0.1) is 14.7 Å². The Bertz CT molecular complexity index is 1130. The molecule has 0 fully saturated rings. The van der Waals surface area contributed by atoms with Gasteiger partial charge in [-0.15, -0.1) is 0 Å². The molecule has 0 spiro atoms. The molecule has 1 N–H and O–H groups in total. The van der Waals surface area contributed by atoms with Crippen molar-refractivity contribution in [1.82, 2.24) is 0 Å². The highest BCUT2D eigenvalue weighted by atomic mass is 32.2. The molecule has 142 valence electrons. The zero-order valence-electron chi connectivity index (χ0n) is 14.2. The molecule has 0 unspecified atom stereocenters. The van der Waals surface area contributed by atoms with Gasteiger partial charge in [-0.2, -0.15) is 0 Å². The van der Waals surface area contributed by atoms with Crippen molar-refractivity contribution < 1.29 is 22.5 Å². The van der Waals surface area contributed by atoms with Gasteiger partial charge in [-0.05, 0) is 60.7 Å². The summed E-state index contributed by atoms with van der Waals surface area (Å²) in [4.78, 5) is 22.1. The molecule has 0 atom stereocenters. The van der Waals surface area contributed by atoms with E-state index in [0.717, 1.165) is 36.4 Å². The summed E-state index contributed by atoms with van der Waals surface area (Å²) in [5.41, 5.74) is 0.402. The lowest BCUT2D eigenvalue weighted by Crippen LogP contribution is -2.12. The van der Waals surface area contributed by atoms with Gasteiger partial charge in [0.25, 0.3) is 11.6 Å². The number of rotatable bonds is 5. The minimum atomic E-state index is -3.86. The minimum Gasteiger partial charge on any atom is -0.322 e. The molecule has 9 heteroatoms. The van der Waals surface area contributed by atoms with Gasteiger partial charge in [0, 0.05) is 23.4 Å². The number of hydrogen-bond donors (Lipinski definition) is 1. The molecule has 7 nitrogen and oxygen atoms in total. The molecular formula is C19H13FN2O5S. The minimum absolute atomic E-state index is 0.0267. The highest BCUT2D eigenvalue weighted by Gasteiger charge is 2.19. The maximum Gasteiger partial charge on any atom is 0.269 e. The van der Waals surface area contributed by atoms with Crippen molar-refractivity contribution >= 4 is 27.1 Å². The normalized spacial score (nSPS) is 11.0. The molecule has 3 rings (SSSR count). The highest BCUT2D eigenvalue weighted by Crippen LogP contribution is 2.24. The van der Waals surface area contributed by atoms with E-state index in [4.69, 9.17) is 0 Å². The first-order valence-electron chi connectivity index (χ1n) is 7.94. The molecule has 0 heterocycles. The number of amides is 1. The number of anilines is 1. The van der Waals surface area contributed by atoms with Gasteiger partial charge in [-0.3, -0.25) is 14.9 Å². The summed E-state index contributed by atoms with van der Waals surface area (Å²) in [5, 5.41) is 13.3. The average molecular weight is 400 g/mol. The second-order valence-electron chi connectivity index (χ2n) is 5.74. The van der Waals surface area contributed by atoms with Gasteiger partial charge in [0.15, 0.2) is 0 Å². The zero-order chi connectivity index (χ0) is 20.3. The van der Waals surface area contributed by atoms with E-state index in [9.17, 15) is 27.7 Å². The van der Waals surface area contributed by atoms with Crippen molar-refractivity contribution in [2.45, 2.75) is 9.79 Å². The Morgan fingerprint density at radius 1 is 0.857 bits per heavy atom. The first-order chi connectivity index (χ1) is 13.3. The third-order valence-electron chi connectivity index (χ3n) is 3.89. The smallest absolute Gasteiger partial charge is 0.269 e. The van der Waals surface area contributed by atoms with Gasteiger partial charge in [0.1, 0.15) is 5.82 Å². The van der Waals surface area contributed by atoms with Crippen LogP contribution in [0.1, 0.15) is 10.4 Å². The van der Waals surface area contributed by atoms with Gasteiger partial charge in [-0.25, -0.2) is 12.8 Å². The molecule has 3 aromatic carbocycles. The maximum absolute atomic E-state index is 12.9. The molecule has 0 aliphatic carbocycles. The van der Waals surface area contributed by atoms with Crippen LogP contribution >= 0.6 is 0 Å². The fourth-order valence-corrected chi connectivity index (χ4v) is 3.67. The fourth-order valence-electron chi connectivity index (χ4n) is 2.41. The van der Waals surface area contributed by atoms with Crippen LogP contribution in [-0.2, 0) is 9.84 Å². The highest BCUT2D eigenvalue weighted by molar-refractivity contribution is 7.91. The number of carbonyl (C=O) groups excluding carboxylic acids is 1. The lowest BCUT2D eigenvalue weighted by atomic mass is 10.2. The number of non-ortho nitro benzene ring substituents is 1. The molecule has 0 aromatic heterocycles. The van der Waals surface area contributed by atoms with Crippen molar-refractivity contribution in [1.29, 1.82) is 0 Å². The number of nitrogens with zero attached hydrogens (tertiary/aromatic N) is 1. The number of hydrogen-bond acceptors (Lipinski definition) is 5. The Balaban J connectivity index is 1.78. The van der Waals surface area contributed by atoms with Gasteiger partial charge in [-0.1, -0.05) is 0 Å². The quantitative estimate of drug-likeness (QED) is 0.518. The first kappa shape index (κ1) is 19.2. The van der Waals surface area contributed by atoms with Crippen LogP contribution in [0.2, 0.25) is 0 Å². The van der Waals surface area contributed by atoms with E-state index < -0.39 is 26.5 Å². The summed E-state index contributed by atoms with van der Waals surface area (Å²) in [7, 11) is -3.86. The first-order valence-corrected chi connectivity index (χ1v) is 9.42. The van der Waals surface area contributed by atoms with Crippen LogP contribution in [0.5, 0.6) is 0 Å². The predicted octanol–water partition coefficient (Wildman–Crippen LogP) is 3.82. The summed E-state index contributed by atoms with van der Waals surface area (Å²) in [6.07, 6.45) is 0. The van der Waals surface area contributed by atoms with Crippen LogP contribution in [0, 0.1) is 15.9 Å². The monoisotopic (exact) mass is 400 g/mol. The van der Waals surface area contributed by atoms with Crippen LogP contribution in [0.3, 0.4) is 0 Å². The lowest BCUT2D eigenvalue weighted by Gasteiger charge is -2.08. The Morgan fingerprint density at radius 2 is 1.36 bits per heavy atom. The third-order valence-corrected chi connectivity index (χ3v) is 5.67. The van der Waals surface area contributed by atoms with E-state index in [1.807, 2.05) is 0 Å². The molecule has 1 amide bonds. The number of nitrogens with one attached hydrogen (secondary N) is 1. The van der Waals surface area contributed by atoms with E-state index in [1.54, 1.807) is 0 Å². The van der Waals surface area contributed by atoms with Crippen molar-refractivity contribution in [2.75, 3.05) is 5.32 Å². The van der Waals surface area contributed by atoms with Gasteiger partial charge in [0.2, 0.25) is 9.84 Å². The second-order valence-corrected chi connectivity index (χ2v) is 7.69. The summed E-state index contributed by atoms with van der Waals surface area (Å²) in [6.45, 7) is 0. The predicted molar refractivity (Wildman–Crippen MR) is 99.3 cm³/mol. The van der Waals surface area contributed by atoms with E-state index in [1.165, 1.54) is 36.4 Å². The zero-order valence-corrected chi connectivity index (χ0v) is 15.0. The average Bonchev–Trinajstić information content (AvgIpc) is 2.69. The van der Waals surface area contributed by atoms with E-state index >= 15 is 0 Å². The van der Waals surface area contributed by atoms with Crippen molar-refractivity contribution in [3.05, 3.63) is 94.3 Å². The van der Waals surface area contributed by atoms with E-state index in [2.05, 4.69) is 5.32 Å². The topological polar surface area (TPSA) is 106 Å². The molecule has 0 bridgehead atoms. The molecule has 3 aromatic rings. The number of nitro benzene ring substituents is 1. The summed E-state index contributed by atoms with van der Waals surface area (Å²) in [6, 6.07) is 15.0. The van der Waals surface area contributed by atoms with Crippen LogP contribution in [0.4, 0.5) is 15.8 Å². The molecule has 0 saturated heterocycles. The Labute approximate surface area is 159 Å². The van der Waals surface area contributed by atoms with Gasteiger partial charge >= 0.3 is 0 Å². The number of sulfone groups is 1. The SMILES string of the molecule is O=C(Nc1ccc(S(=O)(=O)c2ccc([N+](=O)[O-])cc2)cc1)c1ccc(F)cc1. The standard InChI is InChI=1S/C19H13FN2O5S/c20-14-3-1-13(2-4-14)19(23)21-15-5-9-17(10-6-15)28(26,27)18-11-7-16(8-12-18)22(24)25/h1-12H,(H,21,23). The summed E-state index contributed by atoms with van der Waals surface area (Å²) < 4.78 is 38.1. The van der Waals surface area contributed by atoms with Crippen LogP contribution in [-0.4, -0.2) is 19.2 Å². The molecule has 0 saturated carbocycles. The number of benzene rings is 3. The lowest BCUT2D eigenvalue weighted by molar-refractivity contribution is -0.384. The summed E-state index contributed by atoms with van der Waals surface area (Å²) in [5.74, 6) is -0.927. The van der Waals surface area contributed by atoms with E-state index in [-0.39, 0.29) is 21.0 Å². The number of nitro groups is 1. The maximum atomic E-state index is 12.9. The molecule has 0 aliphatic rings. The second kappa shape index (κ2) is 7.57. The Hall–Kier alpha value is -3.59. The van der Waals surface area contributed by atoms with Crippen molar-refractivity contribution in [3.8, 4) is 0 Å². The Kier molecular flexibility index (Phi) is 5.18. The molecule has 0 radical (unpaired) electrons. The Morgan fingerprint density at radius 3 is 1.86 bits per heavy atom. The molecule has 28 heavy (non-hydrogen) atoms. The van der Waals surface area contributed by atoms with Crippen LogP contribution in [0.25, 0.3) is 0 Å². The largest absolute Gasteiger partial charge is 0.322 e. The van der Waals surface area contributed by atoms with Crippen LogP contribution in [0.15, 0.2) is 82.6 Å². The molecular weight excluding hydrogens is 387 g/mol. The number of halogens is 1.